The summed E-state index contributed by atoms with van der Waals surface area (Å²) in [5.41, 5.74) is 2.55. The van der Waals surface area contributed by atoms with Crippen LogP contribution in [0.2, 0.25) is 5.02 Å². The number of nitrogens with one attached hydrogen (secondary N) is 1. The third kappa shape index (κ3) is 4.24. The van der Waals surface area contributed by atoms with Gasteiger partial charge >= 0.3 is 0 Å². The molecule has 2 atom stereocenters. The van der Waals surface area contributed by atoms with E-state index in [-0.39, 0.29) is 28.9 Å². The third-order valence-electron chi connectivity index (χ3n) is 10.7. The minimum absolute atomic E-state index is 0.0236. The van der Waals surface area contributed by atoms with Crippen LogP contribution < -0.4 is 10.1 Å². The molecule has 1 aromatic heterocycles. The number of aromatic nitrogens is 1. The summed E-state index contributed by atoms with van der Waals surface area (Å²) < 4.78 is 6.45. The lowest BCUT2D eigenvalue weighted by atomic mass is 9.49. The highest BCUT2D eigenvalue weighted by Gasteiger charge is 2.67. The van der Waals surface area contributed by atoms with E-state index in [4.69, 9.17) is 21.3 Å². The van der Waals surface area contributed by atoms with E-state index >= 15 is 0 Å². The van der Waals surface area contributed by atoms with Gasteiger partial charge in [0.2, 0.25) is 0 Å². The maximum absolute atomic E-state index is 13.6. The summed E-state index contributed by atoms with van der Waals surface area (Å²) in [7, 11) is 0. The molecular weight excluding hydrogens is 546 g/mol. The number of likely N-dealkylation sites (tertiary alicyclic amines) is 1. The molecule has 218 valence electrons. The fourth-order valence-corrected chi connectivity index (χ4v) is 8.98. The van der Waals surface area contributed by atoms with E-state index < -0.39 is 0 Å². The van der Waals surface area contributed by atoms with E-state index in [1.54, 1.807) is 18.2 Å². The fraction of sp³-hybridized carbons (Fsp3) is 0.559. The minimum atomic E-state index is -0.312. The Kier molecular flexibility index (Phi) is 6.41. The van der Waals surface area contributed by atoms with Gasteiger partial charge in [0.15, 0.2) is 0 Å². The molecule has 4 heterocycles. The molecule has 2 saturated heterocycles. The number of carbonyl (C=O) groups excluding carboxylic acids is 1. The summed E-state index contributed by atoms with van der Waals surface area (Å²) in [5, 5.41) is 13.0. The van der Waals surface area contributed by atoms with E-state index in [0.717, 1.165) is 30.9 Å². The number of carbonyl (C=O) groups is 1. The van der Waals surface area contributed by atoms with Crippen molar-refractivity contribution in [3.63, 3.8) is 0 Å². The molecular formula is C34H38ClN5O2. The molecule has 2 aromatic rings. The first-order valence-electron chi connectivity index (χ1n) is 15.2. The van der Waals surface area contributed by atoms with Crippen LogP contribution in [0, 0.1) is 45.3 Å². The zero-order valence-corrected chi connectivity index (χ0v) is 25.6. The standard InChI is InChI=1S/C34H38ClN5O2/c1-32(2)30(33(3,4)31(32)42-24-10-6-22(16-36)26(35)15-24)40-17-27-25(29(40)41)11-9-23(38-27)8-5-21-7-12-28(21)39-14-13-34(20-39)18-37-19-34/h6,9-11,15,21,28,30-31,37H,7,12-14,17-20H2,1-4H3/t21?,28?,30-,31-. The lowest BCUT2D eigenvalue weighted by Gasteiger charge is -2.65. The van der Waals surface area contributed by atoms with Crippen molar-refractivity contribution in [1.29, 1.82) is 5.26 Å². The Bertz CT molecular complexity index is 1550. The molecule has 7 rings (SSSR count). The van der Waals surface area contributed by atoms with Crippen LogP contribution in [0.25, 0.3) is 0 Å². The SMILES string of the molecule is CC1(C)[C@H](Oc2ccc(C#N)c(Cl)c2)C(C)(C)[C@H]1N1Cc2nc(C#CC3CCC3N3CCC4(CNC4)C3)ccc2C1=O. The van der Waals surface area contributed by atoms with Crippen LogP contribution in [0.1, 0.15) is 74.3 Å². The number of amides is 1. The van der Waals surface area contributed by atoms with Gasteiger partial charge in [0, 0.05) is 59.9 Å². The molecule has 1 spiro atoms. The number of halogens is 1. The van der Waals surface area contributed by atoms with Crippen LogP contribution >= 0.6 is 11.6 Å². The van der Waals surface area contributed by atoms with Crippen LogP contribution in [0.5, 0.6) is 5.75 Å². The second-order valence-electron chi connectivity index (χ2n) is 14.3. The number of ether oxygens (including phenoxy) is 1. The van der Waals surface area contributed by atoms with Crippen molar-refractivity contribution in [2.45, 2.75) is 71.7 Å². The third-order valence-corrected chi connectivity index (χ3v) is 11.0. The highest BCUT2D eigenvalue weighted by Crippen LogP contribution is 2.59. The quantitative estimate of drug-likeness (QED) is 0.517. The second-order valence-corrected chi connectivity index (χ2v) is 14.7. The maximum Gasteiger partial charge on any atom is 0.256 e. The van der Waals surface area contributed by atoms with Gasteiger partial charge < -0.3 is 15.0 Å². The molecule has 7 nitrogen and oxygen atoms in total. The van der Waals surface area contributed by atoms with Crippen LogP contribution in [-0.2, 0) is 6.54 Å². The van der Waals surface area contributed by atoms with Gasteiger partial charge in [-0.25, -0.2) is 4.98 Å². The minimum Gasteiger partial charge on any atom is -0.489 e. The highest BCUT2D eigenvalue weighted by atomic mass is 35.5. The summed E-state index contributed by atoms with van der Waals surface area (Å²) in [6.07, 6.45) is 3.55. The average Bonchev–Trinajstić information content (AvgIpc) is 3.48. The van der Waals surface area contributed by atoms with E-state index in [1.165, 1.54) is 25.9 Å². The maximum atomic E-state index is 13.6. The number of hydrogen-bond acceptors (Lipinski definition) is 6. The number of benzene rings is 1. The molecule has 2 aliphatic carbocycles. The summed E-state index contributed by atoms with van der Waals surface area (Å²) >= 11 is 6.26. The number of nitriles is 1. The van der Waals surface area contributed by atoms with Gasteiger partial charge in [0.25, 0.3) is 5.91 Å². The molecule has 5 aliphatic rings. The number of rotatable bonds is 4. The molecule has 42 heavy (non-hydrogen) atoms. The molecule has 3 aliphatic heterocycles. The predicted octanol–water partition coefficient (Wildman–Crippen LogP) is 4.87. The largest absolute Gasteiger partial charge is 0.489 e. The molecule has 1 aromatic carbocycles. The lowest BCUT2D eigenvalue weighted by molar-refractivity contribution is -0.199. The topological polar surface area (TPSA) is 81.5 Å². The van der Waals surface area contributed by atoms with Crippen LogP contribution in [0.3, 0.4) is 0 Å². The zero-order chi connectivity index (χ0) is 29.4. The van der Waals surface area contributed by atoms with Gasteiger partial charge in [-0.05, 0) is 56.0 Å². The van der Waals surface area contributed by atoms with Crippen LogP contribution in [0.4, 0.5) is 0 Å². The van der Waals surface area contributed by atoms with E-state index in [2.05, 4.69) is 55.8 Å². The molecule has 8 heteroatoms. The number of nitrogens with zero attached hydrogens (tertiary/aromatic N) is 4. The molecule has 2 saturated carbocycles. The smallest absolute Gasteiger partial charge is 0.256 e. The monoisotopic (exact) mass is 583 g/mol. The summed E-state index contributed by atoms with van der Waals surface area (Å²) in [6.45, 7) is 13.8. The predicted molar refractivity (Wildman–Crippen MR) is 161 cm³/mol. The van der Waals surface area contributed by atoms with Gasteiger partial charge in [-0.2, -0.15) is 5.26 Å². The van der Waals surface area contributed by atoms with Gasteiger partial charge in [0.05, 0.1) is 28.4 Å². The summed E-state index contributed by atoms with van der Waals surface area (Å²) in [4.78, 5) is 23.2. The Hall–Kier alpha value is -3.10. The van der Waals surface area contributed by atoms with Crippen molar-refractivity contribution in [3.05, 3.63) is 57.9 Å². The van der Waals surface area contributed by atoms with Crippen molar-refractivity contribution in [2.24, 2.45) is 22.2 Å². The molecule has 4 fully saturated rings. The second kappa shape index (κ2) is 9.71. The summed E-state index contributed by atoms with van der Waals surface area (Å²) in [5.74, 6) is 7.96. The molecule has 1 amide bonds. The first-order valence-corrected chi connectivity index (χ1v) is 15.5. The van der Waals surface area contributed by atoms with E-state index in [0.29, 0.717) is 45.8 Å². The molecule has 0 radical (unpaired) electrons. The molecule has 0 bridgehead atoms. The van der Waals surface area contributed by atoms with Crippen LogP contribution in [0.15, 0.2) is 30.3 Å². The first-order chi connectivity index (χ1) is 20.0. The van der Waals surface area contributed by atoms with Crippen molar-refractivity contribution < 1.29 is 9.53 Å². The first kappa shape index (κ1) is 27.7. The average molecular weight is 584 g/mol. The van der Waals surface area contributed by atoms with E-state index in [1.807, 2.05) is 17.0 Å². The fourth-order valence-electron chi connectivity index (χ4n) is 8.77. The van der Waals surface area contributed by atoms with Crippen molar-refractivity contribution in [2.75, 3.05) is 26.2 Å². The number of hydrogen-bond donors (Lipinski definition) is 1. The Morgan fingerprint density at radius 1 is 1.12 bits per heavy atom. The van der Waals surface area contributed by atoms with Gasteiger partial charge in [-0.3, -0.25) is 9.69 Å². The van der Waals surface area contributed by atoms with Crippen molar-refractivity contribution in [3.8, 4) is 23.7 Å². The highest BCUT2D eigenvalue weighted by molar-refractivity contribution is 6.31. The van der Waals surface area contributed by atoms with Crippen molar-refractivity contribution >= 4 is 17.5 Å². The Morgan fingerprint density at radius 3 is 2.52 bits per heavy atom. The summed E-state index contributed by atoms with van der Waals surface area (Å²) in [6, 6.07) is 11.6. The Morgan fingerprint density at radius 2 is 1.90 bits per heavy atom. The normalized spacial score (nSPS) is 29.9. The number of pyridine rings is 1. The van der Waals surface area contributed by atoms with E-state index in [9.17, 15) is 10.1 Å². The number of fused-ring (bicyclic) bond motifs is 1. The Balaban J connectivity index is 1.04. The van der Waals surface area contributed by atoms with Gasteiger partial charge in [-0.1, -0.05) is 45.2 Å². The lowest BCUT2D eigenvalue weighted by Crippen LogP contribution is -2.74. The van der Waals surface area contributed by atoms with Crippen molar-refractivity contribution in [1.82, 2.24) is 20.1 Å². The van der Waals surface area contributed by atoms with Gasteiger partial charge in [0.1, 0.15) is 23.6 Å². The Labute approximate surface area is 253 Å². The molecule has 1 N–H and O–H groups in total. The van der Waals surface area contributed by atoms with Gasteiger partial charge in [-0.15, -0.1) is 0 Å². The van der Waals surface area contributed by atoms with Crippen LogP contribution in [-0.4, -0.2) is 65.1 Å². The zero-order valence-electron chi connectivity index (χ0n) is 24.8. The molecule has 2 unspecified atom stereocenters.